The van der Waals surface area contributed by atoms with Crippen molar-refractivity contribution in [3.63, 3.8) is 0 Å². The van der Waals surface area contributed by atoms with E-state index in [1.54, 1.807) is 4.98 Å². The van der Waals surface area contributed by atoms with Crippen LogP contribution in [0, 0.1) is 0 Å². The molecule has 10 heteroatoms. The van der Waals surface area contributed by atoms with Gasteiger partial charge in [0.15, 0.2) is 0 Å². The third-order valence-electron chi connectivity index (χ3n) is 3.12. The molecule has 1 fully saturated rings. The maximum atomic E-state index is 12.7. The van der Waals surface area contributed by atoms with E-state index < -0.39 is 41.4 Å². The number of hydrogen-bond donors (Lipinski definition) is 2. The molecular formula is C11H13F3N2O5. The summed E-state index contributed by atoms with van der Waals surface area (Å²) in [6, 6.07) is 0. The van der Waals surface area contributed by atoms with E-state index in [0.29, 0.717) is 10.8 Å². The molecule has 118 valence electrons. The summed E-state index contributed by atoms with van der Waals surface area (Å²) >= 11 is 0. The number of H-pyrrole nitrogens is 1. The Bertz CT molecular complexity index is 624. The number of nitrogens with zero attached hydrogens (tertiary/aromatic N) is 1. The average molecular weight is 310 g/mol. The van der Waals surface area contributed by atoms with Crippen LogP contribution in [0.5, 0.6) is 0 Å². The first-order valence-corrected chi connectivity index (χ1v) is 5.99. The van der Waals surface area contributed by atoms with Crippen molar-refractivity contribution in [1.82, 2.24) is 9.55 Å². The number of methoxy groups -OCH3 is 1. The molecule has 2 rings (SSSR count). The van der Waals surface area contributed by atoms with Crippen LogP contribution < -0.4 is 11.2 Å². The molecule has 1 aliphatic rings. The molecule has 0 aromatic carbocycles. The van der Waals surface area contributed by atoms with Crippen molar-refractivity contribution >= 4 is 0 Å². The average Bonchev–Trinajstić information content (AvgIpc) is 2.69. The number of aliphatic hydroxyl groups excluding tert-OH is 1. The third kappa shape index (κ3) is 3.17. The van der Waals surface area contributed by atoms with E-state index in [1.165, 1.54) is 7.11 Å². The number of aromatic amines is 1. The highest BCUT2D eigenvalue weighted by molar-refractivity contribution is 5.09. The van der Waals surface area contributed by atoms with E-state index in [-0.39, 0.29) is 13.0 Å². The Balaban J connectivity index is 2.37. The molecule has 3 atom stereocenters. The van der Waals surface area contributed by atoms with Gasteiger partial charge in [0.05, 0.1) is 12.7 Å². The first-order chi connectivity index (χ1) is 9.74. The molecular weight excluding hydrogens is 297 g/mol. The Morgan fingerprint density at radius 3 is 2.76 bits per heavy atom. The Morgan fingerprint density at radius 2 is 2.19 bits per heavy atom. The van der Waals surface area contributed by atoms with Crippen LogP contribution in [0.3, 0.4) is 0 Å². The number of hydrogen-bond acceptors (Lipinski definition) is 5. The van der Waals surface area contributed by atoms with Gasteiger partial charge in [0.25, 0.3) is 5.56 Å². The Labute approximate surface area is 115 Å². The van der Waals surface area contributed by atoms with Gasteiger partial charge >= 0.3 is 11.9 Å². The van der Waals surface area contributed by atoms with E-state index in [2.05, 4.69) is 0 Å². The van der Waals surface area contributed by atoms with Crippen LogP contribution in [-0.2, 0) is 15.7 Å². The molecule has 1 unspecified atom stereocenters. The molecule has 21 heavy (non-hydrogen) atoms. The molecule has 2 N–H and O–H groups in total. The van der Waals surface area contributed by atoms with Crippen LogP contribution in [0.15, 0.2) is 15.8 Å². The molecule has 0 radical (unpaired) electrons. The lowest BCUT2D eigenvalue weighted by Gasteiger charge is -2.16. The van der Waals surface area contributed by atoms with Crippen LogP contribution in [0.25, 0.3) is 0 Å². The lowest BCUT2D eigenvalue weighted by molar-refractivity contribution is -0.139. The van der Waals surface area contributed by atoms with E-state index in [1.807, 2.05) is 0 Å². The highest BCUT2D eigenvalue weighted by atomic mass is 19.4. The summed E-state index contributed by atoms with van der Waals surface area (Å²) in [6.45, 7) is 0.0297. The zero-order valence-corrected chi connectivity index (χ0v) is 10.9. The highest BCUT2D eigenvalue weighted by Crippen LogP contribution is 2.30. The minimum Gasteiger partial charge on any atom is -0.390 e. The van der Waals surface area contributed by atoms with Crippen LogP contribution in [0.4, 0.5) is 13.2 Å². The molecule has 0 aliphatic carbocycles. The van der Waals surface area contributed by atoms with E-state index in [0.717, 1.165) is 0 Å². The zero-order valence-electron chi connectivity index (χ0n) is 10.9. The van der Waals surface area contributed by atoms with Gasteiger partial charge in [-0.2, -0.15) is 13.2 Å². The van der Waals surface area contributed by atoms with Crippen molar-refractivity contribution in [1.29, 1.82) is 0 Å². The van der Waals surface area contributed by atoms with Gasteiger partial charge in [-0.25, -0.2) is 4.79 Å². The van der Waals surface area contributed by atoms with Gasteiger partial charge in [-0.05, 0) is 0 Å². The number of aliphatic hydroxyl groups is 1. The molecule has 1 aromatic rings. The minimum absolute atomic E-state index is 0.0297. The molecule has 1 aromatic heterocycles. The molecule has 0 saturated carbocycles. The van der Waals surface area contributed by atoms with Gasteiger partial charge in [-0.15, -0.1) is 0 Å². The number of alkyl halides is 3. The second-order valence-electron chi connectivity index (χ2n) is 4.59. The molecule has 2 heterocycles. The highest BCUT2D eigenvalue weighted by Gasteiger charge is 2.38. The summed E-state index contributed by atoms with van der Waals surface area (Å²) in [6.07, 6.45) is -7.43. The van der Waals surface area contributed by atoms with E-state index in [9.17, 15) is 27.9 Å². The van der Waals surface area contributed by atoms with Gasteiger partial charge in [0.2, 0.25) is 0 Å². The normalized spacial score (nSPS) is 26.2. The monoisotopic (exact) mass is 310 g/mol. The Morgan fingerprint density at radius 1 is 1.52 bits per heavy atom. The number of aromatic nitrogens is 2. The SMILES string of the molecule is COC[C@H]1O[C@@H](n2cc(C(F)(F)F)c(=O)[nH]c2=O)CC1O. The smallest absolute Gasteiger partial charge is 0.390 e. The summed E-state index contributed by atoms with van der Waals surface area (Å²) < 4.78 is 48.7. The summed E-state index contributed by atoms with van der Waals surface area (Å²) in [5, 5.41) is 9.71. The fourth-order valence-corrected chi connectivity index (χ4v) is 2.10. The summed E-state index contributed by atoms with van der Waals surface area (Å²) in [5.74, 6) is 0. The largest absolute Gasteiger partial charge is 0.423 e. The Hall–Kier alpha value is -1.65. The number of ether oxygens (including phenoxy) is 2. The third-order valence-corrected chi connectivity index (χ3v) is 3.12. The molecule has 0 bridgehead atoms. The van der Waals surface area contributed by atoms with Crippen LogP contribution in [0.1, 0.15) is 18.2 Å². The van der Waals surface area contributed by atoms with Crippen molar-refractivity contribution in [2.45, 2.75) is 31.0 Å². The van der Waals surface area contributed by atoms with E-state index in [4.69, 9.17) is 9.47 Å². The van der Waals surface area contributed by atoms with Crippen LogP contribution in [0.2, 0.25) is 0 Å². The predicted octanol–water partition coefficient (Wildman–Crippen LogP) is -0.150. The predicted molar refractivity (Wildman–Crippen MR) is 62.7 cm³/mol. The second kappa shape index (κ2) is 5.62. The lowest BCUT2D eigenvalue weighted by Crippen LogP contribution is -2.36. The molecule has 0 spiro atoms. The van der Waals surface area contributed by atoms with Gasteiger partial charge < -0.3 is 14.6 Å². The summed E-state index contributed by atoms with van der Waals surface area (Å²) in [4.78, 5) is 24.4. The first-order valence-electron chi connectivity index (χ1n) is 5.99. The van der Waals surface area contributed by atoms with E-state index >= 15 is 0 Å². The van der Waals surface area contributed by atoms with Gasteiger partial charge in [0, 0.05) is 19.7 Å². The molecule has 0 amide bonds. The summed E-state index contributed by atoms with van der Waals surface area (Å²) in [5.41, 5.74) is -4.06. The fourth-order valence-electron chi connectivity index (χ4n) is 2.10. The fraction of sp³-hybridized carbons (Fsp3) is 0.636. The number of rotatable bonds is 3. The number of halogens is 3. The van der Waals surface area contributed by atoms with Crippen molar-refractivity contribution in [3.8, 4) is 0 Å². The van der Waals surface area contributed by atoms with Gasteiger partial charge in [0.1, 0.15) is 17.9 Å². The van der Waals surface area contributed by atoms with Crippen molar-refractivity contribution in [2.24, 2.45) is 0 Å². The van der Waals surface area contributed by atoms with Crippen molar-refractivity contribution in [3.05, 3.63) is 32.6 Å². The maximum absolute atomic E-state index is 12.7. The lowest BCUT2D eigenvalue weighted by atomic mass is 10.2. The first kappa shape index (κ1) is 15.7. The van der Waals surface area contributed by atoms with Gasteiger partial charge in [-0.1, -0.05) is 0 Å². The van der Waals surface area contributed by atoms with Crippen LogP contribution >= 0.6 is 0 Å². The zero-order chi connectivity index (χ0) is 15.8. The van der Waals surface area contributed by atoms with Crippen LogP contribution in [-0.4, -0.2) is 40.6 Å². The standard InChI is InChI=1S/C11H13F3N2O5/c1-20-4-7-6(17)2-8(21-7)16-3-5(11(12,13)14)9(18)15-10(16)19/h3,6-8,17H,2,4H2,1H3,(H,15,18,19)/t6?,7-,8-/m1/s1. The molecule has 1 aliphatic heterocycles. The maximum Gasteiger partial charge on any atom is 0.423 e. The topological polar surface area (TPSA) is 93.5 Å². The summed E-state index contributed by atoms with van der Waals surface area (Å²) in [7, 11) is 1.37. The molecule has 7 nitrogen and oxygen atoms in total. The Kier molecular flexibility index (Phi) is 4.21. The van der Waals surface area contributed by atoms with Crippen molar-refractivity contribution < 1.29 is 27.8 Å². The number of nitrogens with one attached hydrogen (secondary N) is 1. The molecule has 1 saturated heterocycles. The minimum atomic E-state index is -4.90. The van der Waals surface area contributed by atoms with Gasteiger partial charge in [-0.3, -0.25) is 14.3 Å². The van der Waals surface area contributed by atoms with Crippen molar-refractivity contribution in [2.75, 3.05) is 13.7 Å². The second-order valence-corrected chi connectivity index (χ2v) is 4.59. The quantitative estimate of drug-likeness (QED) is 0.810.